The van der Waals surface area contributed by atoms with E-state index in [0.29, 0.717) is 37.0 Å². The van der Waals surface area contributed by atoms with Gasteiger partial charge in [-0.25, -0.2) is 13.4 Å². The maximum Gasteiger partial charge on any atom is 0.183 e. The zero-order valence-electron chi connectivity index (χ0n) is 15.9. The molecule has 0 amide bonds. The number of pyridine rings is 1. The van der Waals surface area contributed by atoms with Gasteiger partial charge in [-0.3, -0.25) is 0 Å². The highest BCUT2D eigenvalue weighted by Crippen LogP contribution is 2.33. The Morgan fingerprint density at radius 1 is 1.11 bits per heavy atom. The smallest absolute Gasteiger partial charge is 0.183 e. The van der Waals surface area contributed by atoms with Crippen LogP contribution in [0.3, 0.4) is 0 Å². The Morgan fingerprint density at radius 2 is 1.89 bits per heavy atom. The number of morpholine rings is 1. The van der Waals surface area contributed by atoms with Gasteiger partial charge in [-0.2, -0.15) is 0 Å². The van der Waals surface area contributed by atoms with E-state index in [9.17, 15) is 8.42 Å². The van der Waals surface area contributed by atoms with E-state index in [2.05, 4.69) is 9.88 Å². The molecular formula is C20H25N3O4S. The fraction of sp³-hybridized carbons (Fsp3) is 0.450. The van der Waals surface area contributed by atoms with Crippen LogP contribution in [0.1, 0.15) is 12.0 Å². The van der Waals surface area contributed by atoms with Crippen LogP contribution >= 0.6 is 0 Å². The molecule has 0 aliphatic carbocycles. The average Bonchev–Trinajstić information content (AvgIpc) is 3.24. The summed E-state index contributed by atoms with van der Waals surface area (Å²) in [6.45, 7) is 5.41. The van der Waals surface area contributed by atoms with Gasteiger partial charge in [-0.15, -0.1) is 0 Å². The lowest BCUT2D eigenvalue weighted by molar-refractivity contribution is 0.122. The van der Waals surface area contributed by atoms with Crippen molar-refractivity contribution in [1.82, 2.24) is 4.98 Å². The van der Waals surface area contributed by atoms with E-state index in [1.54, 1.807) is 24.4 Å². The predicted octanol–water partition coefficient (Wildman–Crippen LogP) is 2.04. The third-order valence-electron chi connectivity index (χ3n) is 5.37. The minimum Gasteiger partial charge on any atom is -0.384 e. The number of aromatic nitrogens is 1. The Bertz CT molecular complexity index is 965. The molecule has 1 aromatic heterocycles. The summed E-state index contributed by atoms with van der Waals surface area (Å²) in [6.07, 6.45) is 2.24. The lowest BCUT2D eigenvalue weighted by Crippen LogP contribution is -2.36. The van der Waals surface area contributed by atoms with Gasteiger partial charge < -0.3 is 20.1 Å². The number of nitrogen functional groups attached to an aromatic ring is 1. The number of benzene rings is 1. The van der Waals surface area contributed by atoms with E-state index >= 15 is 0 Å². The van der Waals surface area contributed by atoms with Crippen LogP contribution in [0.4, 0.5) is 11.5 Å². The maximum absolute atomic E-state index is 13.2. The number of rotatable bonds is 4. The second-order valence-corrected chi connectivity index (χ2v) is 9.50. The van der Waals surface area contributed by atoms with Crippen molar-refractivity contribution in [2.75, 3.05) is 50.2 Å². The summed E-state index contributed by atoms with van der Waals surface area (Å²) in [7, 11) is -3.48. The predicted molar refractivity (Wildman–Crippen MR) is 108 cm³/mol. The Labute approximate surface area is 165 Å². The third kappa shape index (κ3) is 3.72. The molecule has 4 rings (SSSR count). The molecule has 2 saturated heterocycles. The molecule has 2 N–H and O–H groups in total. The van der Waals surface area contributed by atoms with Crippen molar-refractivity contribution in [2.24, 2.45) is 0 Å². The van der Waals surface area contributed by atoms with Crippen LogP contribution in [-0.2, 0) is 19.3 Å². The van der Waals surface area contributed by atoms with Gasteiger partial charge in [0.2, 0.25) is 0 Å². The van der Waals surface area contributed by atoms with E-state index in [1.807, 2.05) is 13.0 Å². The molecule has 2 aliphatic heterocycles. The van der Waals surface area contributed by atoms with E-state index in [1.165, 1.54) is 0 Å². The van der Waals surface area contributed by atoms with Crippen molar-refractivity contribution in [3.8, 4) is 11.1 Å². The fourth-order valence-corrected chi connectivity index (χ4v) is 5.38. The quantitative estimate of drug-likeness (QED) is 0.835. The largest absolute Gasteiger partial charge is 0.384 e. The zero-order chi connectivity index (χ0) is 19.7. The lowest BCUT2D eigenvalue weighted by Gasteiger charge is -2.30. The molecule has 7 nitrogen and oxygen atoms in total. The summed E-state index contributed by atoms with van der Waals surface area (Å²) in [5.41, 5.74) is 9.34. The van der Waals surface area contributed by atoms with Gasteiger partial charge in [0, 0.05) is 37.1 Å². The van der Waals surface area contributed by atoms with Crippen LogP contribution in [0.5, 0.6) is 0 Å². The number of nitrogens with zero attached hydrogens (tertiary/aromatic N) is 2. The lowest BCUT2D eigenvalue weighted by atomic mass is 10.0. The standard InChI is InChI=1S/C20H25N3O4S/c1-14-8-20(21)22-12-19(14)15-9-16(23-3-6-26-7-4-23)11-18(10-15)28(24,25)17-2-5-27-13-17/h8-12,17H,2-7,13H2,1H3,(H2,21,22)/t17-/m1/s1. The van der Waals surface area contributed by atoms with Crippen LogP contribution in [0.25, 0.3) is 11.1 Å². The Balaban J connectivity index is 1.83. The van der Waals surface area contributed by atoms with Gasteiger partial charge >= 0.3 is 0 Å². The molecule has 0 spiro atoms. The minimum atomic E-state index is -3.48. The second kappa shape index (κ2) is 7.69. The van der Waals surface area contributed by atoms with Crippen molar-refractivity contribution in [3.05, 3.63) is 36.0 Å². The van der Waals surface area contributed by atoms with Crippen molar-refractivity contribution < 1.29 is 17.9 Å². The first-order valence-corrected chi connectivity index (χ1v) is 11.0. The maximum atomic E-state index is 13.2. The van der Waals surface area contributed by atoms with E-state index in [-0.39, 0.29) is 6.61 Å². The number of anilines is 2. The van der Waals surface area contributed by atoms with Gasteiger partial charge in [0.15, 0.2) is 9.84 Å². The van der Waals surface area contributed by atoms with Gasteiger partial charge in [-0.05, 0) is 48.7 Å². The first-order chi connectivity index (χ1) is 13.4. The molecule has 2 aromatic rings. The molecular weight excluding hydrogens is 378 g/mol. The molecule has 28 heavy (non-hydrogen) atoms. The summed E-state index contributed by atoms with van der Waals surface area (Å²) >= 11 is 0. The molecule has 2 fully saturated rings. The minimum absolute atomic E-state index is 0.252. The van der Waals surface area contributed by atoms with Crippen LogP contribution in [0, 0.1) is 6.92 Å². The molecule has 2 aliphatic rings. The monoisotopic (exact) mass is 403 g/mol. The van der Waals surface area contributed by atoms with Crippen molar-refractivity contribution in [3.63, 3.8) is 0 Å². The van der Waals surface area contributed by atoms with E-state index in [0.717, 1.165) is 35.5 Å². The van der Waals surface area contributed by atoms with Crippen molar-refractivity contribution >= 4 is 21.3 Å². The number of sulfone groups is 1. The Hall–Kier alpha value is -2.16. The molecule has 1 aromatic carbocycles. The number of nitrogens with two attached hydrogens (primary N) is 1. The Morgan fingerprint density at radius 3 is 2.57 bits per heavy atom. The van der Waals surface area contributed by atoms with Crippen LogP contribution in [0.2, 0.25) is 0 Å². The zero-order valence-corrected chi connectivity index (χ0v) is 16.7. The van der Waals surface area contributed by atoms with Gasteiger partial charge in [0.25, 0.3) is 0 Å². The first-order valence-electron chi connectivity index (χ1n) is 9.47. The van der Waals surface area contributed by atoms with Crippen molar-refractivity contribution in [2.45, 2.75) is 23.5 Å². The topological polar surface area (TPSA) is 94.7 Å². The summed E-state index contributed by atoms with van der Waals surface area (Å²) < 4.78 is 37.2. The number of aryl methyl sites for hydroxylation is 1. The van der Waals surface area contributed by atoms with Crippen LogP contribution in [-0.4, -0.2) is 58.2 Å². The van der Waals surface area contributed by atoms with Gasteiger partial charge in [-0.1, -0.05) is 0 Å². The third-order valence-corrected chi connectivity index (χ3v) is 7.51. The average molecular weight is 404 g/mol. The number of hydrogen-bond acceptors (Lipinski definition) is 7. The molecule has 1 atom stereocenters. The molecule has 8 heteroatoms. The van der Waals surface area contributed by atoms with Crippen LogP contribution in [0.15, 0.2) is 35.4 Å². The summed E-state index contributed by atoms with van der Waals surface area (Å²) in [5.74, 6) is 0.446. The highest BCUT2D eigenvalue weighted by Gasteiger charge is 2.32. The number of hydrogen-bond donors (Lipinski definition) is 1. The molecule has 0 unspecified atom stereocenters. The van der Waals surface area contributed by atoms with Crippen molar-refractivity contribution in [1.29, 1.82) is 0 Å². The highest BCUT2D eigenvalue weighted by molar-refractivity contribution is 7.92. The van der Waals surface area contributed by atoms with E-state index in [4.69, 9.17) is 15.2 Å². The molecule has 150 valence electrons. The molecule has 3 heterocycles. The summed E-state index contributed by atoms with van der Waals surface area (Å²) in [6, 6.07) is 7.35. The number of ether oxygens (including phenoxy) is 2. The Kier molecular flexibility index (Phi) is 5.27. The molecule has 0 bridgehead atoms. The highest BCUT2D eigenvalue weighted by atomic mass is 32.2. The van der Waals surface area contributed by atoms with Crippen LogP contribution < -0.4 is 10.6 Å². The SMILES string of the molecule is Cc1cc(N)ncc1-c1cc(N2CCOCC2)cc(S(=O)(=O)[C@@H]2CCOC2)c1. The summed E-state index contributed by atoms with van der Waals surface area (Å²) in [4.78, 5) is 6.70. The summed E-state index contributed by atoms with van der Waals surface area (Å²) in [5, 5.41) is -0.495. The van der Waals surface area contributed by atoms with E-state index < -0.39 is 15.1 Å². The molecule has 0 radical (unpaired) electrons. The second-order valence-electron chi connectivity index (χ2n) is 7.27. The molecule has 0 saturated carbocycles. The fourth-order valence-electron chi connectivity index (χ4n) is 3.74. The normalized spacial score (nSPS) is 20.5. The first kappa shape index (κ1) is 19.2. The van der Waals surface area contributed by atoms with Gasteiger partial charge in [0.1, 0.15) is 5.82 Å². The van der Waals surface area contributed by atoms with Gasteiger partial charge in [0.05, 0.1) is 30.0 Å².